The lowest BCUT2D eigenvalue weighted by molar-refractivity contribution is 0.103. The molecule has 4 rings (SSSR count). The lowest BCUT2D eigenvalue weighted by atomic mass is 9.89. The SMILES string of the molecule is CC1CCc2c(sc3nc(SCCOCCO)n(-c4ccccc4F)c(=O)c23)C1. The van der Waals surface area contributed by atoms with Crippen molar-refractivity contribution in [2.45, 2.75) is 31.3 Å². The number of rotatable bonds is 7. The second-order valence-corrected chi connectivity index (χ2v) is 9.35. The summed E-state index contributed by atoms with van der Waals surface area (Å²) in [5, 5.41) is 9.93. The Kier molecular flexibility index (Phi) is 6.34. The van der Waals surface area contributed by atoms with Crippen LogP contribution in [0.1, 0.15) is 23.8 Å². The van der Waals surface area contributed by atoms with Crippen molar-refractivity contribution < 1.29 is 14.2 Å². The molecular formula is C21H23FN2O3S2. The molecule has 0 saturated heterocycles. The zero-order valence-corrected chi connectivity index (χ0v) is 17.8. The summed E-state index contributed by atoms with van der Waals surface area (Å²) in [6, 6.07) is 6.30. The first-order valence-electron chi connectivity index (χ1n) is 9.73. The second kappa shape index (κ2) is 8.95. The summed E-state index contributed by atoms with van der Waals surface area (Å²) in [6.45, 7) is 2.87. The number of nitrogens with zero attached hydrogens (tertiary/aromatic N) is 2. The van der Waals surface area contributed by atoms with Crippen LogP contribution < -0.4 is 5.56 Å². The van der Waals surface area contributed by atoms with Gasteiger partial charge < -0.3 is 9.84 Å². The Morgan fingerprint density at radius 2 is 2.21 bits per heavy atom. The van der Waals surface area contributed by atoms with Gasteiger partial charge >= 0.3 is 0 Å². The van der Waals surface area contributed by atoms with E-state index in [0.717, 1.165) is 29.7 Å². The molecule has 0 aliphatic heterocycles. The van der Waals surface area contributed by atoms with E-state index in [2.05, 4.69) is 6.92 Å². The van der Waals surface area contributed by atoms with E-state index in [4.69, 9.17) is 14.8 Å². The lowest BCUT2D eigenvalue weighted by Gasteiger charge is -2.18. The van der Waals surface area contributed by atoms with Gasteiger partial charge in [0.2, 0.25) is 0 Å². The van der Waals surface area contributed by atoms with Crippen molar-refractivity contribution in [2.75, 3.05) is 25.6 Å². The molecule has 8 heteroatoms. The Morgan fingerprint density at radius 1 is 1.38 bits per heavy atom. The van der Waals surface area contributed by atoms with Gasteiger partial charge in [-0.05, 0) is 42.9 Å². The van der Waals surface area contributed by atoms with E-state index in [1.807, 2.05) is 0 Å². The molecule has 154 valence electrons. The Labute approximate surface area is 176 Å². The highest BCUT2D eigenvalue weighted by molar-refractivity contribution is 7.99. The summed E-state index contributed by atoms with van der Waals surface area (Å²) in [4.78, 5) is 20.3. The maximum Gasteiger partial charge on any atom is 0.267 e. The molecule has 0 radical (unpaired) electrons. The van der Waals surface area contributed by atoms with E-state index in [-0.39, 0.29) is 24.5 Å². The third kappa shape index (κ3) is 4.12. The third-order valence-corrected chi connectivity index (χ3v) is 7.14. The van der Waals surface area contributed by atoms with Gasteiger partial charge in [-0.25, -0.2) is 9.37 Å². The molecule has 1 aromatic carbocycles. The van der Waals surface area contributed by atoms with Crippen molar-refractivity contribution in [3.63, 3.8) is 0 Å². The molecular weight excluding hydrogens is 411 g/mol. The smallest absolute Gasteiger partial charge is 0.267 e. The summed E-state index contributed by atoms with van der Waals surface area (Å²) in [7, 11) is 0. The van der Waals surface area contributed by atoms with Gasteiger partial charge in [-0.2, -0.15) is 0 Å². The van der Waals surface area contributed by atoms with Crippen molar-refractivity contribution in [2.24, 2.45) is 5.92 Å². The van der Waals surface area contributed by atoms with Gasteiger partial charge in [0.25, 0.3) is 5.56 Å². The van der Waals surface area contributed by atoms with E-state index < -0.39 is 5.82 Å². The van der Waals surface area contributed by atoms with Crippen LogP contribution in [0, 0.1) is 11.7 Å². The van der Waals surface area contributed by atoms with Gasteiger partial charge in [0.15, 0.2) is 5.16 Å². The quantitative estimate of drug-likeness (QED) is 0.348. The van der Waals surface area contributed by atoms with Crippen LogP contribution in [0.15, 0.2) is 34.2 Å². The van der Waals surface area contributed by atoms with E-state index in [1.54, 1.807) is 29.5 Å². The molecule has 1 N–H and O–H groups in total. The molecule has 5 nitrogen and oxygen atoms in total. The number of halogens is 1. The Hall–Kier alpha value is -1.74. The van der Waals surface area contributed by atoms with Crippen LogP contribution in [0.25, 0.3) is 15.9 Å². The fourth-order valence-corrected chi connectivity index (χ4v) is 5.95. The molecule has 1 aliphatic rings. The summed E-state index contributed by atoms with van der Waals surface area (Å²) < 4.78 is 21.3. The van der Waals surface area contributed by atoms with Crippen LogP contribution in [0.3, 0.4) is 0 Å². The first-order chi connectivity index (χ1) is 14.1. The number of ether oxygens (including phenoxy) is 1. The average Bonchev–Trinajstić information content (AvgIpc) is 3.06. The summed E-state index contributed by atoms with van der Waals surface area (Å²) in [6.07, 6.45) is 2.88. The number of aromatic nitrogens is 2. The lowest BCUT2D eigenvalue weighted by Crippen LogP contribution is -2.23. The zero-order valence-electron chi connectivity index (χ0n) is 16.2. The molecule has 0 spiro atoms. The first kappa shape index (κ1) is 20.5. The maximum absolute atomic E-state index is 14.6. The fourth-order valence-electron chi connectivity index (χ4n) is 3.67. The monoisotopic (exact) mass is 434 g/mol. The van der Waals surface area contributed by atoms with Crippen molar-refractivity contribution >= 4 is 33.3 Å². The number of thioether (sulfide) groups is 1. The largest absolute Gasteiger partial charge is 0.394 e. The molecule has 0 saturated carbocycles. The van der Waals surface area contributed by atoms with Crippen molar-refractivity contribution in [1.82, 2.24) is 9.55 Å². The van der Waals surface area contributed by atoms with Crippen LogP contribution in [0.4, 0.5) is 4.39 Å². The molecule has 2 heterocycles. The predicted molar refractivity (Wildman–Crippen MR) is 115 cm³/mol. The van der Waals surface area contributed by atoms with Gasteiger partial charge in [-0.1, -0.05) is 30.8 Å². The van der Waals surface area contributed by atoms with Crippen LogP contribution in [-0.4, -0.2) is 40.2 Å². The third-order valence-electron chi connectivity index (χ3n) is 5.09. The Morgan fingerprint density at radius 3 is 3.00 bits per heavy atom. The van der Waals surface area contributed by atoms with Crippen LogP contribution >= 0.6 is 23.1 Å². The minimum absolute atomic E-state index is 0.0337. The number of aliphatic hydroxyl groups excluding tert-OH is 1. The van der Waals surface area contributed by atoms with Gasteiger partial charge in [0.1, 0.15) is 10.6 Å². The van der Waals surface area contributed by atoms with Crippen molar-refractivity contribution in [3.05, 3.63) is 50.9 Å². The predicted octanol–water partition coefficient (Wildman–Crippen LogP) is 3.81. The van der Waals surface area contributed by atoms with Gasteiger partial charge in [0.05, 0.1) is 30.9 Å². The number of fused-ring (bicyclic) bond motifs is 3. The second-order valence-electron chi connectivity index (χ2n) is 7.20. The molecule has 1 aliphatic carbocycles. The minimum atomic E-state index is -0.452. The van der Waals surface area contributed by atoms with Gasteiger partial charge in [-0.3, -0.25) is 9.36 Å². The molecule has 2 aromatic heterocycles. The first-order valence-corrected chi connectivity index (χ1v) is 11.5. The number of thiophene rings is 1. The summed E-state index contributed by atoms with van der Waals surface area (Å²) in [5.41, 5.74) is 1.11. The number of hydrogen-bond donors (Lipinski definition) is 1. The zero-order chi connectivity index (χ0) is 20.4. The van der Waals surface area contributed by atoms with Crippen LogP contribution in [0.2, 0.25) is 0 Å². The Balaban J connectivity index is 1.82. The van der Waals surface area contributed by atoms with Crippen LogP contribution in [0.5, 0.6) is 0 Å². The standard InChI is InChI=1S/C21H23FN2O3S2/c1-13-6-7-14-17(12-13)29-19-18(14)20(26)24(16-5-3-2-4-15(16)22)21(23-19)28-11-10-27-9-8-25/h2-5,13,25H,6-12H2,1H3. The summed E-state index contributed by atoms with van der Waals surface area (Å²) in [5.74, 6) is 0.697. The molecule has 29 heavy (non-hydrogen) atoms. The highest BCUT2D eigenvalue weighted by atomic mass is 32.2. The minimum Gasteiger partial charge on any atom is -0.394 e. The number of benzene rings is 1. The van der Waals surface area contributed by atoms with Gasteiger partial charge in [-0.15, -0.1) is 11.3 Å². The molecule has 1 unspecified atom stereocenters. The molecule has 0 amide bonds. The van der Waals surface area contributed by atoms with Crippen LogP contribution in [-0.2, 0) is 17.6 Å². The highest BCUT2D eigenvalue weighted by Crippen LogP contribution is 2.37. The Bertz CT molecular complexity index is 1080. The van der Waals surface area contributed by atoms with Gasteiger partial charge in [0, 0.05) is 10.6 Å². The normalized spacial score (nSPS) is 16.3. The fraction of sp³-hybridized carbons (Fsp3) is 0.429. The van der Waals surface area contributed by atoms with E-state index >= 15 is 0 Å². The maximum atomic E-state index is 14.6. The number of aliphatic hydroxyl groups is 1. The molecule has 1 atom stereocenters. The summed E-state index contributed by atoms with van der Waals surface area (Å²) >= 11 is 2.95. The average molecular weight is 435 g/mol. The topological polar surface area (TPSA) is 64.3 Å². The van der Waals surface area contributed by atoms with Crippen molar-refractivity contribution in [1.29, 1.82) is 0 Å². The highest BCUT2D eigenvalue weighted by Gasteiger charge is 2.25. The van der Waals surface area contributed by atoms with E-state index in [9.17, 15) is 9.18 Å². The number of hydrogen-bond acceptors (Lipinski definition) is 6. The number of para-hydroxylation sites is 1. The molecule has 0 fully saturated rings. The van der Waals surface area contributed by atoms with E-state index in [1.165, 1.54) is 27.3 Å². The molecule has 3 aromatic rings. The molecule has 0 bridgehead atoms. The van der Waals surface area contributed by atoms with Crippen molar-refractivity contribution in [3.8, 4) is 5.69 Å². The number of aryl methyl sites for hydroxylation is 1. The van der Waals surface area contributed by atoms with E-state index in [0.29, 0.717) is 28.8 Å².